The van der Waals surface area contributed by atoms with Gasteiger partial charge >= 0.3 is 0 Å². The third kappa shape index (κ3) is 2.72. The molecular formula is C8H8BrNO2S. The van der Waals surface area contributed by atoms with Gasteiger partial charge in [0.05, 0.1) is 10.2 Å². The minimum atomic E-state index is -1.48. The van der Waals surface area contributed by atoms with Crippen molar-refractivity contribution < 1.29 is 9.00 Å². The molecule has 0 aliphatic heterocycles. The fourth-order valence-corrected chi connectivity index (χ4v) is 1.58. The summed E-state index contributed by atoms with van der Waals surface area (Å²) < 4.78 is 10.8. The normalized spacial score (nSPS) is 12.5. The summed E-state index contributed by atoms with van der Waals surface area (Å²) >= 11 is 3.06. The molecule has 0 heterocycles. The van der Waals surface area contributed by atoms with Crippen molar-refractivity contribution in [3.8, 4) is 0 Å². The molecule has 0 aromatic heterocycles. The van der Waals surface area contributed by atoms with Crippen molar-refractivity contribution in [3.05, 3.63) is 29.8 Å². The smallest absolute Gasteiger partial charge is 0.173 e. The summed E-state index contributed by atoms with van der Waals surface area (Å²) in [6.07, 6.45) is 0. The highest BCUT2D eigenvalue weighted by atomic mass is 79.9. The van der Waals surface area contributed by atoms with Gasteiger partial charge in [-0.25, -0.2) is 9.35 Å². The van der Waals surface area contributed by atoms with Gasteiger partial charge in [-0.05, 0) is 12.1 Å². The number of rotatable bonds is 3. The molecule has 13 heavy (non-hydrogen) atoms. The second-order valence-corrected chi connectivity index (χ2v) is 4.01. The van der Waals surface area contributed by atoms with Crippen LogP contribution in [-0.2, 0) is 11.0 Å². The van der Waals surface area contributed by atoms with E-state index >= 15 is 0 Å². The maximum absolute atomic E-state index is 11.1. The lowest BCUT2D eigenvalue weighted by atomic mass is 10.2. The molecule has 1 rings (SSSR count). The maximum atomic E-state index is 11.1. The Morgan fingerprint density at radius 2 is 1.92 bits per heavy atom. The Bertz CT molecular complexity index is 337. The molecule has 1 aromatic rings. The van der Waals surface area contributed by atoms with Crippen LogP contribution in [0.4, 0.5) is 0 Å². The lowest BCUT2D eigenvalue weighted by molar-refractivity contribution is 0.102. The molecule has 2 N–H and O–H groups in total. The average Bonchev–Trinajstić information content (AvgIpc) is 2.17. The summed E-state index contributed by atoms with van der Waals surface area (Å²) in [6, 6.07) is 6.41. The molecule has 3 nitrogen and oxygen atoms in total. The molecule has 0 bridgehead atoms. The van der Waals surface area contributed by atoms with Gasteiger partial charge in [-0.1, -0.05) is 28.1 Å². The van der Waals surface area contributed by atoms with Crippen molar-refractivity contribution in [1.82, 2.24) is 0 Å². The molecule has 0 radical (unpaired) electrons. The van der Waals surface area contributed by atoms with E-state index in [1.165, 1.54) is 0 Å². The zero-order chi connectivity index (χ0) is 9.84. The Kier molecular flexibility index (Phi) is 3.77. The Labute approximate surface area is 87.0 Å². The number of carbonyl (C=O) groups excluding carboxylic acids is 1. The minimum Gasteiger partial charge on any atom is -0.293 e. The van der Waals surface area contributed by atoms with E-state index in [1.54, 1.807) is 24.3 Å². The number of ketones is 1. The van der Waals surface area contributed by atoms with Crippen LogP contribution in [0.25, 0.3) is 0 Å². The molecule has 0 saturated heterocycles. The molecular weight excluding hydrogens is 254 g/mol. The highest BCUT2D eigenvalue weighted by Crippen LogP contribution is 2.07. The number of alkyl halides is 1. The van der Waals surface area contributed by atoms with Crippen LogP contribution in [0.15, 0.2) is 29.2 Å². The number of nitrogens with two attached hydrogens (primary N) is 1. The van der Waals surface area contributed by atoms with Crippen molar-refractivity contribution in [2.24, 2.45) is 5.14 Å². The van der Waals surface area contributed by atoms with Crippen molar-refractivity contribution in [1.29, 1.82) is 0 Å². The Morgan fingerprint density at radius 3 is 2.31 bits per heavy atom. The second-order valence-electron chi connectivity index (χ2n) is 2.38. The molecule has 1 aromatic carbocycles. The van der Waals surface area contributed by atoms with Gasteiger partial charge < -0.3 is 0 Å². The van der Waals surface area contributed by atoms with Crippen molar-refractivity contribution in [2.45, 2.75) is 4.90 Å². The minimum absolute atomic E-state index is 0.00523. The quantitative estimate of drug-likeness (QED) is 0.658. The zero-order valence-electron chi connectivity index (χ0n) is 6.70. The van der Waals surface area contributed by atoms with Gasteiger partial charge in [0.1, 0.15) is 11.0 Å². The standard InChI is InChI=1S/C8H8BrNO2S/c9-5-8(11)6-1-3-7(4-2-6)13(10)12/h1-4H,5,10H2. The fraction of sp³-hybridized carbons (Fsp3) is 0.125. The van der Waals surface area contributed by atoms with Gasteiger partial charge in [0.15, 0.2) is 5.78 Å². The van der Waals surface area contributed by atoms with E-state index in [4.69, 9.17) is 5.14 Å². The van der Waals surface area contributed by atoms with Crippen LogP contribution in [0, 0.1) is 0 Å². The van der Waals surface area contributed by atoms with Crippen LogP contribution < -0.4 is 5.14 Å². The van der Waals surface area contributed by atoms with Crippen LogP contribution in [0.2, 0.25) is 0 Å². The first-order chi connectivity index (χ1) is 6.15. The SMILES string of the molecule is NS(=O)c1ccc(C(=O)CBr)cc1. The predicted octanol–water partition coefficient (Wildman–Crippen LogP) is 1.25. The monoisotopic (exact) mass is 261 g/mol. The lowest BCUT2D eigenvalue weighted by Gasteiger charge is -1.98. The molecule has 0 spiro atoms. The molecule has 0 amide bonds. The second kappa shape index (κ2) is 4.64. The Hall–Kier alpha value is -0.520. The first-order valence-electron chi connectivity index (χ1n) is 3.50. The lowest BCUT2D eigenvalue weighted by Crippen LogP contribution is -2.04. The fourth-order valence-electron chi connectivity index (χ4n) is 0.852. The number of hydrogen-bond donors (Lipinski definition) is 1. The highest BCUT2D eigenvalue weighted by Gasteiger charge is 2.04. The summed E-state index contributed by atoms with van der Waals surface area (Å²) in [5.41, 5.74) is 0.589. The molecule has 5 heteroatoms. The summed E-state index contributed by atoms with van der Waals surface area (Å²) in [5.74, 6) is -0.00523. The largest absolute Gasteiger partial charge is 0.293 e. The van der Waals surface area contributed by atoms with Crippen LogP contribution in [0.3, 0.4) is 0 Å². The Balaban J connectivity index is 2.93. The van der Waals surface area contributed by atoms with E-state index in [0.29, 0.717) is 10.5 Å². The molecule has 0 saturated carbocycles. The molecule has 0 aliphatic carbocycles. The van der Waals surface area contributed by atoms with Crippen molar-refractivity contribution in [2.75, 3.05) is 5.33 Å². The van der Waals surface area contributed by atoms with Gasteiger partial charge in [0, 0.05) is 5.56 Å². The predicted molar refractivity (Wildman–Crippen MR) is 55.2 cm³/mol. The summed E-state index contributed by atoms with van der Waals surface area (Å²) in [7, 11) is -1.48. The third-order valence-electron chi connectivity index (χ3n) is 1.53. The first kappa shape index (κ1) is 10.6. The van der Waals surface area contributed by atoms with E-state index in [0.717, 1.165) is 0 Å². The van der Waals surface area contributed by atoms with E-state index in [-0.39, 0.29) is 11.1 Å². The van der Waals surface area contributed by atoms with Crippen LogP contribution in [-0.4, -0.2) is 15.3 Å². The molecule has 1 unspecified atom stereocenters. The summed E-state index contributed by atoms with van der Waals surface area (Å²) in [6.45, 7) is 0. The topological polar surface area (TPSA) is 60.2 Å². The zero-order valence-corrected chi connectivity index (χ0v) is 9.10. The number of Topliss-reactive ketones (excluding diaryl/α,β-unsaturated/α-hetero) is 1. The summed E-state index contributed by atoms with van der Waals surface area (Å²) in [4.78, 5) is 11.7. The average molecular weight is 262 g/mol. The van der Waals surface area contributed by atoms with Crippen LogP contribution in [0.5, 0.6) is 0 Å². The summed E-state index contributed by atoms with van der Waals surface area (Å²) in [5, 5.41) is 5.44. The number of hydrogen-bond acceptors (Lipinski definition) is 2. The van der Waals surface area contributed by atoms with E-state index < -0.39 is 11.0 Å². The molecule has 1 atom stereocenters. The van der Waals surface area contributed by atoms with Gasteiger partial charge in [-0.15, -0.1) is 0 Å². The molecule has 0 fully saturated rings. The number of carbonyl (C=O) groups is 1. The van der Waals surface area contributed by atoms with Gasteiger partial charge in [0.2, 0.25) is 0 Å². The highest BCUT2D eigenvalue weighted by molar-refractivity contribution is 9.09. The van der Waals surface area contributed by atoms with E-state index in [9.17, 15) is 9.00 Å². The van der Waals surface area contributed by atoms with E-state index in [1.807, 2.05) is 0 Å². The molecule has 70 valence electrons. The van der Waals surface area contributed by atoms with E-state index in [2.05, 4.69) is 15.9 Å². The molecule has 0 aliphatic rings. The van der Waals surface area contributed by atoms with Gasteiger partial charge in [0.25, 0.3) is 0 Å². The van der Waals surface area contributed by atoms with Crippen LogP contribution in [0.1, 0.15) is 10.4 Å². The van der Waals surface area contributed by atoms with Crippen LogP contribution >= 0.6 is 15.9 Å². The first-order valence-corrected chi connectivity index (χ1v) is 5.84. The van der Waals surface area contributed by atoms with Gasteiger partial charge in [-0.3, -0.25) is 4.79 Å². The number of benzene rings is 1. The van der Waals surface area contributed by atoms with Crippen molar-refractivity contribution in [3.63, 3.8) is 0 Å². The third-order valence-corrected chi connectivity index (χ3v) is 2.78. The van der Waals surface area contributed by atoms with Crippen molar-refractivity contribution >= 4 is 32.7 Å². The maximum Gasteiger partial charge on any atom is 0.173 e. The van der Waals surface area contributed by atoms with Gasteiger partial charge in [-0.2, -0.15) is 0 Å². The number of halogens is 1. The Morgan fingerprint density at radius 1 is 1.38 bits per heavy atom.